The number of fused-ring (bicyclic) bond motifs is 5. The molecule has 0 aromatic carbocycles. The van der Waals surface area contributed by atoms with Crippen LogP contribution in [-0.4, -0.2) is 45.7 Å². The van der Waals surface area contributed by atoms with Crippen molar-refractivity contribution in [1.82, 2.24) is 0 Å². The number of hydrogen-bond donors (Lipinski definition) is 2. The highest BCUT2D eigenvalue weighted by Crippen LogP contribution is 2.55. The van der Waals surface area contributed by atoms with E-state index in [1.165, 1.54) is 12.5 Å². The first-order valence-corrected chi connectivity index (χ1v) is 10.4. The number of hydrogen-bond acceptors (Lipinski definition) is 5. The second kappa shape index (κ2) is 7.16. The molecule has 8 atom stereocenters. The van der Waals surface area contributed by atoms with Crippen molar-refractivity contribution in [2.24, 2.45) is 23.7 Å². The van der Waals surface area contributed by atoms with Gasteiger partial charge < -0.3 is 19.7 Å². The van der Waals surface area contributed by atoms with Gasteiger partial charge in [-0.05, 0) is 57.3 Å². The standard InChI is InChI=1S/C22H36O5/c1-12(2)15-8-7-13(3)18-16-11-22(6,25)17(26-14(4)23)9-10-21(5,24)20(27-16)19(15)18/h12,15-20,24-25H,3,7-11H2,1-2,4-6H3/t15-,16+,17+,18-,19-,20-,21-,22+/m1/s1. The van der Waals surface area contributed by atoms with Crippen molar-refractivity contribution in [2.45, 2.75) is 96.2 Å². The van der Waals surface area contributed by atoms with Gasteiger partial charge in [0.25, 0.3) is 0 Å². The Morgan fingerprint density at radius 2 is 1.93 bits per heavy atom. The molecule has 2 aliphatic heterocycles. The number of carbonyl (C=O) groups excluding carboxylic acids is 1. The summed E-state index contributed by atoms with van der Waals surface area (Å²) in [6.07, 6.45) is 2.09. The van der Waals surface area contributed by atoms with Gasteiger partial charge in [-0.25, -0.2) is 0 Å². The van der Waals surface area contributed by atoms with Crippen LogP contribution in [0.5, 0.6) is 0 Å². The van der Waals surface area contributed by atoms with E-state index in [2.05, 4.69) is 20.4 Å². The smallest absolute Gasteiger partial charge is 0.303 e. The molecule has 0 amide bonds. The monoisotopic (exact) mass is 380 g/mol. The average Bonchev–Trinajstić information content (AvgIpc) is 2.91. The van der Waals surface area contributed by atoms with Crippen molar-refractivity contribution in [3.63, 3.8) is 0 Å². The fraction of sp³-hybridized carbons (Fsp3) is 0.864. The van der Waals surface area contributed by atoms with Gasteiger partial charge in [-0.15, -0.1) is 0 Å². The lowest BCUT2D eigenvalue weighted by atomic mass is 9.60. The third kappa shape index (κ3) is 3.83. The molecule has 2 bridgehead atoms. The lowest BCUT2D eigenvalue weighted by Crippen LogP contribution is -2.50. The van der Waals surface area contributed by atoms with Crippen molar-refractivity contribution in [1.29, 1.82) is 0 Å². The number of ether oxygens (including phenoxy) is 2. The SMILES string of the molecule is C=C1CC[C@H](C(C)C)[C@@H]2[C@H]1[C@@H]1C[C@](C)(O)[C@@H](OC(C)=O)CC[C@@](C)(O)[C@@H]2O1. The summed E-state index contributed by atoms with van der Waals surface area (Å²) in [5, 5.41) is 22.5. The molecule has 0 unspecified atom stereocenters. The van der Waals surface area contributed by atoms with Gasteiger partial charge in [0.2, 0.25) is 0 Å². The van der Waals surface area contributed by atoms with E-state index < -0.39 is 23.3 Å². The van der Waals surface area contributed by atoms with Gasteiger partial charge in [0, 0.05) is 19.3 Å². The quantitative estimate of drug-likeness (QED) is 0.568. The minimum atomic E-state index is -1.21. The van der Waals surface area contributed by atoms with Gasteiger partial charge in [-0.3, -0.25) is 4.79 Å². The Morgan fingerprint density at radius 3 is 2.52 bits per heavy atom. The van der Waals surface area contributed by atoms with E-state index in [1.807, 2.05) is 6.92 Å². The molecule has 0 spiro atoms. The number of aliphatic hydroxyl groups is 2. The fourth-order valence-corrected chi connectivity index (χ4v) is 5.85. The molecule has 3 aliphatic rings. The second-order valence-corrected chi connectivity index (χ2v) is 9.86. The van der Waals surface area contributed by atoms with Crippen molar-refractivity contribution in [2.75, 3.05) is 0 Å². The number of carbonyl (C=O) groups is 1. The molecule has 1 aliphatic carbocycles. The van der Waals surface area contributed by atoms with E-state index in [4.69, 9.17) is 9.47 Å². The Kier molecular flexibility index (Phi) is 5.52. The van der Waals surface area contributed by atoms with Crippen LogP contribution in [0.1, 0.15) is 66.7 Å². The van der Waals surface area contributed by atoms with Gasteiger partial charge >= 0.3 is 5.97 Å². The normalized spacial score (nSPS) is 47.8. The van der Waals surface area contributed by atoms with Gasteiger partial charge in [-0.1, -0.05) is 26.0 Å². The van der Waals surface area contributed by atoms with Crippen molar-refractivity contribution < 1.29 is 24.5 Å². The minimum absolute atomic E-state index is 0.130. The summed E-state index contributed by atoms with van der Waals surface area (Å²) >= 11 is 0. The lowest BCUT2D eigenvalue weighted by Gasteiger charge is -2.45. The first-order chi connectivity index (χ1) is 12.4. The fourth-order valence-electron chi connectivity index (χ4n) is 5.85. The minimum Gasteiger partial charge on any atom is -0.460 e. The van der Waals surface area contributed by atoms with Crippen LogP contribution in [-0.2, 0) is 14.3 Å². The molecule has 0 radical (unpaired) electrons. The van der Waals surface area contributed by atoms with E-state index in [0.29, 0.717) is 31.1 Å². The Bertz CT molecular complexity index is 594. The van der Waals surface area contributed by atoms with E-state index in [9.17, 15) is 15.0 Å². The second-order valence-electron chi connectivity index (χ2n) is 9.86. The van der Waals surface area contributed by atoms with Crippen LogP contribution >= 0.6 is 0 Å². The van der Waals surface area contributed by atoms with Crippen LogP contribution in [0.3, 0.4) is 0 Å². The highest BCUT2D eigenvalue weighted by Gasteiger charge is 2.59. The summed E-state index contributed by atoms with van der Waals surface area (Å²) in [5.74, 6) is 0.904. The summed E-state index contributed by atoms with van der Waals surface area (Å²) in [7, 11) is 0. The number of rotatable bonds is 2. The molecule has 5 nitrogen and oxygen atoms in total. The molecule has 1 saturated carbocycles. The zero-order valence-electron chi connectivity index (χ0n) is 17.4. The first kappa shape index (κ1) is 20.8. The van der Waals surface area contributed by atoms with Gasteiger partial charge in [-0.2, -0.15) is 0 Å². The average molecular weight is 381 g/mol. The molecule has 5 heteroatoms. The molecule has 154 valence electrons. The maximum atomic E-state index is 11.6. The molecule has 2 heterocycles. The maximum absolute atomic E-state index is 11.6. The highest BCUT2D eigenvalue weighted by atomic mass is 16.6. The zero-order chi connectivity index (χ0) is 20.1. The van der Waals surface area contributed by atoms with Gasteiger partial charge in [0.05, 0.1) is 17.8 Å². The van der Waals surface area contributed by atoms with Crippen LogP contribution < -0.4 is 0 Å². The lowest BCUT2D eigenvalue weighted by molar-refractivity contribution is -0.165. The van der Waals surface area contributed by atoms with Crippen LogP contribution in [0.2, 0.25) is 0 Å². The number of esters is 1. The van der Waals surface area contributed by atoms with Crippen LogP contribution in [0.15, 0.2) is 12.2 Å². The van der Waals surface area contributed by atoms with Gasteiger partial charge in [0.15, 0.2) is 0 Å². The summed E-state index contributed by atoms with van der Waals surface area (Å²) in [6, 6.07) is 0. The molecular formula is C22H36O5. The molecular weight excluding hydrogens is 344 g/mol. The van der Waals surface area contributed by atoms with Crippen LogP contribution in [0.4, 0.5) is 0 Å². The third-order valence-corrected chi connectivity index (χ3v) is 7.25. The molecule has 0 aromatic rings. The Morgan fingerprint density at radius 1 is 1.26 bits per heavy atom. The maximum Gasteiger partial charge on any atom is 0.303 e. The summed E-state index contributed by atoms with van der Waals surface area (Å²) in [4.78, 5) is 11.6. The van der Waals surface area contributed by atoms with E-state index in [0.717, 1.165) is 12.8 Å². The summed E-state index contributed by atoms with van der Waals surface area (Å²) in [5.41, 5.74) is -1.08. The first-order valence-electron chi connectivity index (χ1n) is 10.4. The predicted octanol–water partition coefficient (Wildman–Crippen LogP) is 3.23. The Hall–Kier alpha value is -0.910. The zero-order valence-corrected chi connectivity index (χ0v) is 17.4. The molecule has 2 N–H and O–H groups in total. The van der Waals surface area contributed by atoms with Crippen molar-refractivity contribution >= 4 is 5.97 Å². The molecule has 27 heavy (non-hydrogen) atoms. The van der Waals surface area contributed by atoms with E-state index in [-0.39, 0.29) is 24.0 Å². The van der Waals surface area contributed by atoms with Crippen LogP contribution in [0, 0.1) is 23.7 Å². The molecule has 3 fully saturated rings. The van der Waals surface area contributed by atoms with Gasteiger partial charge in [0.1, 0.15) is 11.7 Å². The summed E-state index contributed by atoms with van der Waals surface area (Å²) < 4.78 is 11.9. The van der Waals surface area contributed by atoms with Crippen molar-refractivity contribution in [3.05, 3.63) is 12.2 Å². The third-order valence-electron chi connectivity index (χ3n) is 7.25. The molecule has 3 rings (SSSR count). The molecule has 2 saturated heterocycles. The van der Waals surface area contributed by atoms with Crippen LogP contribution in [0.25, 0.3) is 0 Å². The van der Waals surface area contributed by atoms with Crippen molar-refractivity contribution in [3.8, 4) is 0 Å². The largest absolute Gasteiger partial charge is 0.460 e. The Labute approximate surface area is 163 Å². The highest BCUT2D eigenvalue weighted by molar-refractivity contribution is 5.66. The Balaban J connectivity index is 2.00. The van der Waals surface area contributed by atoms with E-state index >= 15 is 0 Å². The molecule has 0 aromatic heterocycles. The predicted molar refractivity (Wildman–Crippen MR) is 103 cm³/mol. The summed E-state index contributed by atoms with van der Waals surface area (Å²) in [6.45, 7) is 13.7. The van der Waals surface area contributed by atoms with E-state index in [1.54, 1.807) is 6.92 Å². The topological polar surface area (TPSA) is 76.0 Å².